The van der Waals surface area contributed by atoms with E-state index in [1.54, 1.807) is 34.9 Å². The predicted molar refractivity (Wildman–Crippen MR) is 117 cm³/mol. The lowest BCUT2D eigenvalue weighted by Gasteiger charge is -2.17. The second-order valence-electron chi connectivity index (χ2n) is 7.68. The fourth-order valence-electron chi connectivity index (χ4n) is 3.86. The number of aliphatic hydroxyl groups excluding tert-OH is 1. The Labute approximate surface area is 186 Å². The second-order valence-corrected chi connectivity index (χ2v) is 7.68. The van der Waals surface area contributed by atoms with Crippen LogP contribution in [0.4, 0.5) is 0 Å². The highest BCUT2D eigenvalue weighted by molar-refractivity contribution is 5.89. The summed E-state index contributed by atoms with van der Waals surface area (Å²) < 4.78 is 13.9. The molecule has 0 radical (unpaired) electrons. The lowest BCUT2D eigenvalue weighted by atomic mass is 10.2. The molecule has 1 aliphatic heterocycles. The van der Waals surface area contributed by atoms with Crippen molar-refractivity contribution >= 4 is 17.0 Å². The first-order chi connectivity index (χ1) is 16.0. The molecule has 5 rings (SSSR count). The van der Waals surface area contributed by atoms with Gasteiger partial charge in [0.05, 0.1) is 22.7 Å². The van der Waals surface area contributed by atoms with E-state index in [0.717, 1.165) is 0 Å². The number of para-hydroxylation sites is 2. The third kappa shape index (κ3) is 3.97. The number of hydrogen-bond acceptors (Lipinski definition) is 7. The van der Waals surface area contributed by atoms with Crippen molar-refractivity contribution in [3.05, 3.63) is 93.5 Å². The molecule has 0 aliphatic carbocycles. The number of nitrogens with one attached hydrogen (secondary N) is 1. The lowest BCUT2D eigenvalue weighted by Crippen LogP contribution is -2.34. The molecule has 2 aromatic carbocycles. The average molecular weight is 448 g/mol. The van der Waals surface area contributed by atoms with E-state index in [2.05, 4.69) is 9.97 Å². The monoisotopic (exact) mass is 448 g/mol. The van der Waals surface area contributed by atoms with Crippen LogP contribution in [0, 0.1) is 0 Å². The van der Waals surface area contributed by atoms with Gasteiger partial charge in [-0.3, -0.25) is 18.9 Å². The molecule has 0 bridgehead atoms. The molecular weight excluding hydrogens is 428 g/mol. The molecule has 4 aromatic rings. The summed E-state index contributed by atoms with van der Waals surface area (Å²) in [5.41, 5.74) is 0.711. The predicted octanol–water partition coefficient (Wildman–Crippen LogP) is 1.38. The van der Waals surface area contributed by atoms with Crippen LogP contribution < -0.4 is 11.2 Å². The third-order valence-corrected chi connectivity index (χ3v) is 5.56. The van der Waals surface area contributed by atoms with Crippen molar-refractivity contribution in [2.45, 2.75) is 24.9 Å². The minimum absolute atomic E-state index is 0.0869. The highest BCUT2D eigenvalue weighted by Gasteiger charge is 2.36. The number of esters is 1. The summed E-state index contributed by atoms with van der Waals surface area (Å²) in [4.78, 5) is 43.8. The molecule has 33 heavy (non-hydrogen) atoms. The van der Waals surface area contributed by atoms with E-state index < -0.39 is 35.7 Å². The Balaban J connectivity index is 1.37. The van der Waals surface area contributed by atoms with Gasteiger partial charge < -0.3 is 14.6 Å². The maximum atomic E-state index is 12.5. The van der Waals surface area contributed by atoms with Gasteiger partial charge in [0.15, 0.2) is 0 Å². The van der Waals surface area contributed by atoms with E-state index in [1.165, 1.54) is 17.1 Å². The van der Waals surface area contributed by atoms with Crippen LogP contribution >= 0.6 is 0 Å². The number of ether oxygens (including phenoxy) is 2. The van der Waals surface area contributed by atoms with Gasteiger partial charge in [-0.05, 0) is 24.3 Å². The first kappa shape index (κ1) is 20.9. The summed E-state index contributed by atoms with van der Waals surface area (Å²) in [5.74, 6) is -0.537. The highest BCUT2D eigenvalue weighted by atomic mass is 16.6. The van der Waals surface area contributed by atoms with Crippen molar-refractivity contribution in [2.75, 3.05) is 6.61 Å². The minimum atomic E-state index is -0.963. The molecular formula is C23H20N4O6. The van der Waals surface area contributed by atoms with Gasteiger partial charge in [0.25, 0.3) is 5.56 Å². The number of fused-ring (bicyclic) bond motifs is 1. The number of rotatable bonds is 5. The number of aromatic amines is 1. The Morgan fingerprint density at radius 3 is 2.73 bits per heavy atom. The maximum absolute atomic E-state index is 12.5. The van der Waals surface area contributed by atoms with Crippen LogP contribution in [0.3, 0.4) is 0 Å². The molecule has 2 aromatic heterocycles. The van der Waals surface area contributed by atoms with Crippen molar-refractivity contribution in [3.8, 4) is 5.69 Å². The highest BCUT2D eigenvalue weighted by Crippen LogP contribution is 2.28. The molecule has 1 saturated heterocycles. The van der Waals surface area contributed by atoms with Crippen LogP contribution in [0.2, 0.25) is 0 Å². The molecule has 10 heteroatoms. The number of imidazole rings is 1. The van der Waals surface area contributed by atoms with Crippen LogP contribution in [0.25, 0.3) is 16.7 Å². The average Bonchev–Trinajstić information content (AvgIpc) is 3.41. The molecule has 0 saturated carbocycles. The quantitative estimate of drug-likeness (QED) is 0.442. The first-order valence-electron chi connectivity index (χ1n) is 10.3. The molecule has 3 unspecified atom stereocenters. The maximum Gasteiger partial charge on any atom is 0.338 e. The number of hydrogen-bond donors (Lipinski definition) is 2. The molecule has 3 heterocycles. The molecule has 0 amide bonds. The van der Waals surface area contributed by atoms with E-state index in [0.29, 0.717) is 16.6 Å². The molecule has 3 atom stereocenters. The van der Waals surface area contributed by atoms with Crippen LogP contribution in [0.1, 0.15) is 23.0 Å². The zero-order valence-corrected chi connectivity index (χ0v) is 17.3. The number of benzene rings is 2. The van der Waals surface area contributed by atoms with Gasteiger partial charge >= 0.3 is 11.7 Å². The van der Waals surface area contributed by atoms with E-state index in [1.807, 2.05) is 24.3 Å². The summed E-state index contributed by atoms with van der Waals surface area (Å²) in [6.45, 7) is -0.178. The van der Waals surface area contributed by atoms with Gasteiger partial charge in [-0.2, -0.15) is 0 Å². The van der Waals surface area contributed by atoms with Crippen molar-refractivity contribution in [3.63, 3.8) is 0 Å². The third-order valence-electron chi connectivity index (χ3n) is 5.56. The zero-order chi connectivity index (χ0) is 22.9. The van der Waals surface area contributed by atoms with E-state index in [4.69, 9.17) is 9.47 Å². The van der Waals surface area contributed by atoms with Gasteiger partial charge in [0, 0.05) is 12.6 Å². The molecule has 168 valence electrons. The van der Waals surface area contributed by atoms with Gasteiger partial charge in [-0.25, -0.2) is 14.6 Å². The van der Waals surface area contributed by atoms with Gasteiger partial charge in [0.2, 0.25) is 0 Å². The number of nitrogens with zero attached hydrogens (tertiary/aromatic N) is 3. The standard InChI is InChI=1S/C23H20N4O6/c28-18-10-20(33-19(18)12-32-22(30)14-6-2-1-3-7-14)26-11-17(21(29)25-23(26)31)27-13-24-15-8-4-5-9-16(15)27/h1-9,11,13,18-20,28H,10,12H2,(H,25,29,31). The fourth-order valence-corrected chi connectivity index (χ4v) is 3.86. The molecule has 1 aliphatic rings. The van der Waals surface area contributed by atoms with Gasteiger partial charge in [-0.1, -0.05) is 30.3 Å². The summed E-state index contributed by atoms with van der Waals surface area (Å²) in [6, 6.07) is 15.8. The summed E-state index contributed by atoms with van der Waals surface area (Å²) in [6.07, 6.45) is 0.335. The van der Waals surface area contributed by atoms with E-state index in [9.17, 15) is 19.5 Å². The number of carbonyl (C=O) groups excluding carboxylic acids is 1. The topological polar surface area (TPSA) is 128 Å². The normalized spacial score (nSPS) is 20.2. The zero-order valence-electron chi connectivity index (χ0n) is 17.3. The van der Waals surface area contributed by atoms with Gasteiger partial charge in [-0.15, -0.1) is 0 Å². The van der Waals surface area contributed by atoms with E-state index >= 15 is 0 Å². The second kappa shape index (κ2) is 8.49. The molecule has 10 nitrogen and oxygen atoms in total. The number of H-pyrrole nitrogens is 1. The summed E-state index contributed by atoms with van der Waals surface area (Å²) in [7, 11) is 0. The smallest absolute Gasteiger partial charge is 0.338 e. The Morgan fingerprint density at radius 1 is 1.15 bits per heavy atom. The minimum Gasteiger partial charge on any atom is -0.459 e. The largest absolute Gasteiger partial charge is 0.459 e. The number of aromatic nitrogens is 4. The lowest BCUT2D eigenvalue weighted by molar-refractivity contribution is -0.0531. The summed E-state index contributed by atoms with van der Waals surface area (Å²) in [5, 5.41) is 10.4. The van der Waals surface area contributed by atoms with Crippen molar-refractivity contribution < 1.29 is 19.4 Å². The van der Waals surface area contributed by atoms with E-state index in [-0.39, 0.29) is 18.7 Å². The van der Waals surface area contributed by atoms with Crippen LogP contribution in [-0.4, -0.2) is 49.0 Å². The Bertz CT molecular complexity index is 1420. The van der Waals surface area contributed by atoms with Crippen molar-refractivity contribution in [1.29, 1.82) is 0 Å². The Hall–Kier alpha value is -4.02. The Morgan fingerprint density at radius 2 is 1.91 bits per heavy atom. The SMILES string of the molecule is O=C(OCC1OC(n2cc(-n3cnc4ccccc43)c(=O)[nH]c2=O)CC1O)c1ccccc1. The molecule has 1 fully saturated rings. The number of carbonyl (C=O) groups is 1. The van der Waals surface area contributed by atoms with Crippen LogP contribution in [0.15, 0.2) is 76.7 Å². The van der Waals surface area contributed by atoms with Crippen molar-refractivity contribution in [2.24, 2.45) is 0 Å². The fraction of sp³-hybridized carbons (Fsp3) is 0.217. The molecule has 2 N–H and O–H groups in total. The first-order valence-corrected chi connectivity index (χ1v) is 10.3. The molecule has 0 spiro atoms. The number of aliphatic hydroxyl groups is 1. The van der Waals surface area contributed by atoms with Crippen LogP contribution in [-0.2, 0) is 9.47 Å². The van der Waals surface area contributed by atoms with Crippen molar-refractivity contribution in [1.82, 2.24) is 19.1 Å². The summed E-state index contributed by atoms with van der Waals surface area (Å²) >= 11 is 0. The van der Waals surface area contributed by atoms with Crippen LogP contribution in [0.5, 0.6) is 0 Å². The Kier molecular flexibility index (Phi) is 5.37. The van der Waals surface area contributed by atoms with Gasteiger partial charge in [0.1, 0.15) is 31.0 Å².